The second-order valence-electron chi connectivity index (χ2n) is 4.63. The maximum Gasteiger partial charge on any atom is 0.299 e. The summed E-state index contributed by atoms with van der Waals surface area (Å²) in [6.07, 6.45) is 4.16. The standard InChI is InChI=1S/C16H12N2O/c1-2-5-12-11(4-1)10-14-13(12)6-3-7-15(14)18-16-17-8-9-19-16/h1-9H,10H2,(H,17,18). The van der Waals surface area contributed by atoms with Crippen molar-refractivity contribution in [2.45, 2.75) is 6.42 Å². The van der Waals surface area contributed by atoms with Crippen LogP contribution in [0.3, 0.4) is 0 Å². The highest BCUT2D eigenvalue weighted by Crippen LogP contribution is 2.40. The van der Waals surface area contributed by atoms with E-state index in [1.165, 1.54) is 22.3 Å². The molecule has 4 rings (SSSR count). The molecule has 19 heavy (non-hydrogen) atoms. The fraction of sp³-hybridized carbons (Fsp3) is 0.0625. The van der Waals surface area contributed by atoms with Gasteiger partial charge in [-0.2, -0.15) is 0 Å². The van der Waals surface area contributed by atoms with Crippen LogP contribution in [0.25, 0.3) is 11.1 Å². The topological polar surface area (TPSA) is 38.1 Å². The predicted molar refractivity (Wildman–Crippen MR) is 74.5 cm³/mol. The molecule has 3 heteroatoms. The van der Waals surface area contributed by atoms with E-state index in [2.05, 4.69) is 52.8 Å². The highest BCUT2D eigenvalue weighted by atomic mass is 16.4. The van der Waals surface area contributed by atoms with E-state index in [1.807, 2.05) is 0 Å². The SMILES string of the molecule is c1ccc2c(c1)Cc1c(Nc3ncco3)cccc1-2. The number of nitrogens with one attached hydrogen (secondary N) is 1. The number of hydrogen-bond donors (Lipinski definition) is 1. The van der Waals surface area contributed by atoms with Gasteiger partial charge in [-0.15, -0.1) is 0 Å². The number of oxazole rings is 1. The Morgan fingerprint density at radius 2 is 1.89 bits per heavy atom. The van der Waals surface area contributed by atoms with Crippen LogP contribution in [0.15, 0.2) is 59.3 Å². The summed E-state index contributed by atoms with van der Waals surface area (Å²) in [6, 6.07) is 15.4. The van der Waals surface area contributed by atoms with Crippen molar-refractivity contribution in [2.75, 3.05) is 5.32 Å². The molecule has 1 aromatic heterocycles. The molecule has 0 saturated heterocycles. The van der Waals surface area contributed by atoms with Crippen LogP contribution < -0.4 is 5.32 Å². The van der Waals surface area contributed by atoms with E-state index in [4.69, 9.17) is 4.42 Å². The van der Waals surface area contributed by atoms with Gasteiger partial charge in [-0.25, -0.2) is 4.98 Å². The van der Waals surface area contributed by atoms with Crippen LogP contribution >= 0.6 is 0 Å². The normalized spacial score (nSPS) is 12.0. The van der Waals surface area contributed by atoms with Crippen LogP contribution in [0, 0.1) is 0 Å². The molecule has 0 amide bonds. The van der Waals surface area contributed by atoms with E-state index in [-0.39, 0.29) is 0 Å². The van der Waals surface area contributed by atoms with Crippen molar-refractivity contribution >= 4 is 11.7 Å². The van der Waals surface area contributed by atoms with Crippen molar-refractivity contribution in [3.05, 3.63) is 66.1 Å². The first-order valence-electron chi connectivity index (χ1n) is 6.28. The fourth-order valence-corrected chi connectivity index (χ4v) is 2.67. The second-order valence-corrected chi connectivity index (χ2v) is 4.63. The van der Waals surface area contributed by atoms with Crippen molar-refractivity contribution in [3.8, 4) is 11.1 Å². The Bertz CT molecular complexity index is 732. The highest BCUT2D eigenvalue weighted by Gasteiger charge is 2.20. The van der Waals surface area contributed by atoms with Crippen LogP contribution in [0.2, 0.25) is 0 Å². The molecule has 92 valence electrons. The Labute approximate surface area is 110 Å². The molecular weight excluding hydrogens is 236 g/mol. The smallest absolute Gasteiger partial charge is 0.299 e. The van der Waals surface area contributed by atoms with E-state index >= 15 is 0 Å². The van der Waals surface area contributed by atoms with E-state index < -0.39 is 0 Å². The van der Waals surface area contributed by atoms with E-state index in [1.54, 1.807) is 12.5 Å². The number of anilines is 2. The molecule has 1 heterocycles. The number of fused-ring (bicyclic) bond motifs is 3. The Balaban J connectivity index is 1.81. The third kappa shape index (κ3) is 1.63. The van der Waals surface area contributed by atoms with Gasteiger partial charge in [0.2, 0.25) is 0 Å². The summed E-state index contributed by atoms with van der Waals surface area (Å²) in [5, 5.41) is 3.24. The maximum absolute atomic E-state index is 5.25. The van der Waals surface area contributed by atoms with E-state index in [0.717, 1.165) is 12.1 Å². The first-order chi connectivity index (χ1) is 9.42. The predicted octanol–water partition coefficient (Wildman–Crippen LogP) is 3.99. The van der Waals surface area contributed by atoms with Gasteiger partial charge in [0, 0.05) is 12.1 Å². The van der Waals surface area contributed by atoms with E-state index in [0.29, 0.717) is 6.01 Å². The van der Waals surface area contributed by atoms with Crippen LogP contribution in [-0.4, -0.2) is 4.98 Å². The maximum atomic E-state index is 5.25. The van der Waals surface area contributed by atoms with Crippen molar-refractivity contribution in [3.63, 3.8) is 0 Å². The molecule has 1 N–H and O–H groups in total. The van der Waals surface area contributed by atoms with Crippen LogP contribution in [-0.2, 0) is 6.42 Å². The van der Waals surface area contributed by atoms with Gasteiger partial charge >= 0.3 is 0 Å². The third-order valence-electron chi connectivity index (χ3n) is 3.52. The summed E-state index contributed by atoms with van der Waals surface area (Å²) in [5.74, 6) is 0. The Morgan fingerprint density at radius 3 is 2.79 bits per heavy atom. The summed E-state index contributed by atoms with van der Waals surface area (Å²) in [4.78, 5) is 4.11. The second kappa shape index (κ2) is 3.99. The monoisotopic (exact) mass is 248 g/mol. The third-order valence-corrected chi connectivity index (χ3v) is 3.52. The first kappa shape index (κ1) is 10.4. The lowest BCUT2D eigenvalue weighted by Crippen LogP contribution is -1.95. The molecule has 0 atom stereocenters. The van der Waals surface area contributed by atoms with Crippen molar-refractivity contribution in [1.29, 1.82) is 0 Å². The highest BCUT2D eigenvalue weighted by molar-refractivity contribution is 5.82. The first-order valence-corrected chi connectivity index (χ1v) is 6.28. The zero-order valence-electron chi connectivity index (χ0n) is 10.3. The number of hydrogen-bond acceptors (Lipinski definition) is 3. The molecular formula is C16H12N2O. The number of aromatic nitrogens is 1. The number of nitrogens with zero attached hydrogens (tertiary/aromatic N) is 1. The zero-order valence-corrected chi connectivity index (χ0v) is 10.3. The molecule has 0 spiro atoms. The van der Waals surface area contributed by atoms with Gasteiger partial charge in [0.1, 0.15) is 6.26 Å². The molecule has 0 unspecified atom stereocenters. The molecule has 0 aliphatic heterocycles. The average Bonchev–Trinajstić information content (AvgIpc) is 3.06. The minimum atomic E-state index is 0.532. The van der Waals surface area contributed by atoms with Crippen LogP contribution in [0.5, 0.6) is 0 Å². The summed E-state index contributed by atoms with van der Waals surface area (Å²) in [6.45, 7) is 0. The molecule has 1 aliphatic rings. The Morgan fingerprint density at radius 1 is 1.00 bits per heavy atom. The molecule has 0 saturated carbocycles. The zero-order chi connectivity index (χ0) is 12.7. The summed E-state index contributed by atoms with van der Waals surface area (Å²) in [5.41, 5.74) is 6.37. The molecule has 1 aliphatic carbocycles. The lowest BCUT2D eigenvalue weighted by atomic mass is 10.1. The summed E-state index contributed by atoms with van der Waals surface area (Å²) < 4.78 is 5.25. The largest absolute Gasteiger partial charge is 0.432 e. The van der Waals surface area contributed by atoms with Gasteiger partial charge < -0.3 is 9.73 Å². The van der Waals surface area contributed by atoms with Gasteiger partial charge in [0.15, 0.2) is 0 Å². The van der Waals surface area contributed by atoms with Crippen molar-refractivity contribution < 1.29 is 4.42 Å². The lowest BCUT2D eigenvalue weighted by Gasteiger charge is -2.08. The Kier molecular flexibility index (Phi) is 2.18. The average molecular weight is 248 g/mol. The lowest BCUT2D eigenvalue weighted by molar-refractivity contribution is 0.578. The molecule has 3 aromatic rings. The molecule has 3 nitrogen and oxygen atoms in total. The summed E-state index contributed by atoms with van der Waals surface area (Å²) in [7, 11) is 0. The molecule has 2 aromatic carbocycles. The van der Waals surface area contributed by atoms with Gasteiger partial charge in [-0.3, -0.25) is 0 Å². The number of rotatable bonds is 2. The van der Waals surface area contributed by atoms with Gasteiger partial charge in [-0.05, 0) is 28.3 Å². The summed E-state index contributed by atoms with van der Waals surface area (Å²) >= 11 is 0. The van der Waals surface area contributed by atoms with E-state index in [9.17, 15) is 0 Å². The molecule has 0 bridgehead atoms. The van der Waals surface area contributed by atoms with Gasteiger partial charge in [0.25, 0.3) is 6.01 Å². The number of benzene rings is 2. The van der Waals surface area contributed by atoms with Crippen LogP contribution in [0.4, 0.5) is 11.7 Å². The van der Waals surface area contributed by atoms with Crippen LogP contribution in [0.1, 0.15) is 11.1 Å². The van der Waals surface area contributed by atoms with Gasteiger partial charge in [-0.1, -0.05) is 36.4 Å². The van der Waals surface area contributed by atoms with Gasteiger partial charge in [0.05, 0.1) is 6.20 Å². The van der Waals surface area contributed by atoms with Crippen molar-refractivity contribution in [1.82, 2.24) is 4.98 Å². The van der Waals surface area contributed by atoms with Crippen molar-refractivity contribution in [2.24, 2.45) is 0 Å². The minimum Gasteiger partial charge on any atom is -0.432 e. The fourth-order valence-electron chi connectivity index (χ4n) is 2.67. The molecule has 0 fully saturated rings. The quantitative estimate of drug-likeness (QED) is 0.583. The molecule has 0 radical (unpaired) electrons. The Hall–Kier alpha value is -2.55. The minimum absolute atomic E-state index is 0.532.